The van der Waals surface area contributed by atoms with Gasteiger partial charge in [-0.3, -0.25) is 9.79 Å². The minimum Gasteiger partial charge on any atom is -0.490 e. The molecule has 2 rings (SSSR count). The molecule has 1 aromatic rings. The molecule has 1 aliphatic rings. The summed E-state index contributed by atoms with van der Waals surface area (Å²) in [4.78, 5) is 20.5. The highest BCUT2D eigenvalue weighted by atomic mass is 32.1. The zero-order valence-corrected chi connectivity index (χ0v) is 16.1. The van der Waals surface area contributed by atoms with Gasteiger partial charge < -0.3 is 15.0 Å². The maximum absolute atomic E-state index is 13.0. The minimum absolute atomic E-state index is 0.0325. The minimum atomic E-state index is -0.0325. The summed E-state index contributed by atoms with van der Waals surface area (Å²) in [5.74, 6) is 0.626. The van der Waals surface area contributed by atoms with Crippen molar-refractivity contribution in [1.29, 1.82) is 0 Å². The predicted molar refractivity (Wildman–Crippen MR) is 109 cm³/mol. The van der Waals surface area contributed by atoms with E-state index in [1.54, 1.807) is 17.4 Å². The molecule has 5 nitrogen and oxygen atoms in total. The highest BCUT2D eigenvalue weighted by molar-refractivity contribution is 7.14. The number of nitrogens with one attached hydrogen (secondary N) is 1. The Bertz CT molecular complexity index is 678. The molecule has 1 amide bonds. The fraction of sp³-hybridized carbons (Fsp3) is 0.400. The molecule has 1 fully saturated rings. The first-order valence-corrected chi connectivity index (χ1v) is 9.67. The lowest BCUT2D eigenvalue weighted by molar-refractivity contribution is 0.0501. The molecule has 1 N–H and O–H groups in total. The smallest absolute Gasteiger partial charge is 0.264 e. The van der Waals surface area contributed by atoms with E-state index in [4.69, 9.17) is 4.74 Å². The summed E-state index contributed by atoms with van der Waals surface area (Å²) >= 11 is 1.57. The van der Waals surface area contributed by atoms with Gasteiger partial charge in [0.25, 0.3) is 5.91 Å². The fourth-order valence-electron chi connectivity index (χ4n) is 2.72. The molecule has 0 spiro atoms. The van der Waals surface area contributed by atoms with E-state index in [9.17, 15) is 4.79 Å². The number of hydrogen-bond donors (Lipinski definition) is 1. The van der Waals surface area contributed by atoms with Crippen molar-refractivity contribution < 1.29 is 9.53 Å². The van der Waals surface area contributed by atoms with Gasteiger partial charge in [0.05, 0.1) is 17.1 Å². The molecule has 1 aliphatic heterocycles. The standard InChI is InChI=1S/C20H27N3O2S/c1-4-6-7-8-18-9-10-19(26-18)20(24)23-12-11-22-13-16(23)15-25-17(5-2)14-21-3/h5-7,9-10,14,16,22H,2-4,8,11-13,15H2,1H3/b7-6-,17-14+. The van der Waals surface area contributed by atoms with Crippen LogP contribution in [0.4, 0.5) is 0 Å². The van der Waals surface area contributed by atoms with E-state index in [1.807, 2.05) is 17.0 Å². The summed E-state index contributed by atoms with van der Waals surface area (Å²) < 4.78 is 5.73. The molecular weight excluding hydrogens is 346 g/mol. The molecule has 0 saturated carbocycles. The van der Waals surface area contributed by atoms with Gasteiger partial charge in [0.1, 0.15) is 12.4 Å². The number of aliphatic imine (C=N–C) groups is 1. The van der Waals surface area contributed by atoms with Crippen LogP contribution >= 0.6 is 11.3 Å². The van der Waals surface area contributed by atoms with Gasteiger partial charge in [-0.25, -0.2) is 0 Å². The Kier molecular flexibility index (Phi) is 8.31. The topological polar surface area (TPSA) is 53.9 Å². The van der Waals surface area contributed by atoms with E-state index in [2.05, 4.69) is 42.7 Å². The summed E-state index contributed by atoms with van der Waals surface area (Å²) in [6.07, 6.45) is 9.31. The molecule has 0 bridgehead atoms. The monoisotopic (exact) mass is 373 g/mol. The molecule has 0 aliphatic carbocycles. The summed E-state index contributed by atoms with van der Waals surface area (Å²) in [7, 11) is 0. The number of carbonyl (C=O) groups is 1. The number of hydrogen-bond acceptors (Lipinski definition) is 5. The van der Waals surface area contributed by atoms with E-state index in [1.165, 1.54) is 11.1 Å². The first-order chi connectivity index (χ1) is 12.7. The lowest BCUT2D eigenvalue weighted by Crippen LogP contribution is -2.55. The maximum atomic E-state index is 13.0. The van der Waals surface area contributed by atoms with Crippen LogP contribution in [0.2, 0.25) is 0 Å². The average molecular weight is 374 g/mol. The summed E-state index contributed by atoms with van der Waals surface area (Å²) in [6, 6.07) is 3.94. The summed E-state index contributed by atoms with van der Waals surface area (Å²) in [5, 5.41) is 3.32. The Hall–Kier alpha value is -2.18. The molecule has 26 heavy (non-hydrogen) atoms. The zero-order valence-electron chi connectivity index (χ0n) is 15.3. The van der Waals surface area contributed by atoms with Crippen LogP contribution in [-0.4, -0.2) is 49.8 Å². The molecule has 1 saturated heterocycles. The third-order valence-electron chi connectivity index (χ3n) is 4.07. The highest BCUT2D eigenvalue weighted by Crippen LogP contribution is 2.21. The normalized spacial score (nSPS) is 18.1. The average Bonchev–Trinajstić information content (AvgIpc) is 3.14. The van der Waals surface area contributed by atoms with Crippen molar-refractivity contribution in [1.82, 2.24) is 10.2 Å². The van der Waals surface area contributed by atoms with E-state index < -0.39 is 0 Å². The molecule has 0 radical (unpaired) electrons. The first-order valence-electron chi connectivity index (χ1n) is 8.86. The molecule has 140 valence electrons. The molecule has 1 atom stereocenters. The van der Waals surface area contributed by atoms with Gasteiger partial charge in [-0.2, -0.15) is 0 Å². The number of nitrogens with zero attached hydrogens (tertiary/aromatic N) is 2. The Morgan fingerprint density at radius 2 is 2.35 bits per heavy atom. The number of amides is 1. The van der Waals surface area contributed by atoms with Gasteiger partial charge in [0.2, 0.25) is 0 Å². The van der Waals surface area contributed by atoms with Crippen LogP contribution in [0.15, 0.2) is 53.9 Å². The third-order valence-corrected chi connectivity index (χ3v) is 5.16. The van der Waals surface area contributed by atoms with E-state index in [-0.39, 0.29) is 11.9 Å². The second-order valence-corrected chi connectivity index (χ2v) is 7.10. The Balaban J connectivity index is 2.02. The maximum Gasteiger partial charge on any atom is 0.264 e. The number of rotatable bonds is 9. The van der Waals surface area contributed by atoms with Gasteiger partial charge in [-0.05, 0) is 37.8 Å². The van der Waals surface area contributed by atoms with Gasteiger partial charge in [0.15, 0.2) is 0 Å². The SMILES string of the molecule is C=C/C(=C\N=C)OCC1CNCCN1C(=O)c1ccc(C/C=C\CC)s1. The molecule has 1 aromatic heterocycles. The van der Waals surface area contributed by atoms with Crippen molar-refractivity contribution in [2.45, 2.75) is 25.8 Å². The largest absolute Gasteiger partial charge is 0.490 e. The first kappa shape index (κ1) is 20.1. The van der Waals surface area contributed by atoms with Crippen molar-refractivity contribution in [2.24, 2.45) is 4.99 Å². The number of thiophene rings is 1. The molecule has 2 heterocycles. The van der Waals surface area contributed by atoms with Gasteiger partial charge >= 0.3 is 0 Å². The number of allylic oxidation sites excluding steroid dienone is 3. The van der Waals surface area contributed by atoms with Crippen molar-refractivity contribution in [3.63, 3.8) is 0 Å². The van der Waals surface area contributed by atoms with E-state index in [0.717, 1.165) is 24.3 Å². The van der Waals surface area contributed by atoms with Crippen molar-refractivity contribution in [3.05, 3.63) is 58.7 Å². The lowest BCUT2D eigenvalue weighted by Gasteiger charge is -2.35. The predicted octanol–water partition coefficient (Wildman–Crippen LogP) is 3.42. The Morgan fingerprint density at radius 3 is 3.08 bits per heavy atom. The van der Waals surface area contributed by atoms with Gasteiger partial charge in [-0.1, -0.05) is 25.7 Å². The summed E-state index contributed by atoms with van der Waals surface area (Å²) in [6.45, 7) is 11.8. The number of piperazine rings is 1. The molecule has 0 aromatic carbocycles. The lowest BCUT2D eigenvalue weighted by atomic mass is 10.2. The van der Waals surface area contributed by atoms with Crippen LogP contribution in [-0.2, 0) is 11.2 Å². The Morgan fingerprint density at radius 1 is 1.50 bits per heavy atom. The van der Waals surface area contributed by atoms with Gasteiger partial charge in [0, 0.05) is 24.5 Å². The van der Waals surface area contributed by atoms with Gasteiger partial charge in [-0.15, -0.1) is 11.3 Å². The second-order valence-electron chi connectivity index (χ2n) is 5.94. The van der Waals surface area contributed by atoms with Crippen molar-refractivity contribution >= 4 is 24.0 Å². The van der Waals surface area contributed by atoms with E-state index >= 15 is 0 Å². The Labute approximate surface area is 159 Å². The number of carbonyl (C=O) groups excluding carboxylic acids is 1. The highest BCUT2D eigenvalue weighted by Gasteiger charge is 2.28. The van der Waals surface area contributed by atoms with Crippen LogP contribution in [0.1, 0.15) is 27.9 Å². The van der Waals surface area contributed by atoms with Crippen LogP contribution < -0.4 is 5.32 Å². The second kappa shape index (κ2) is 10.7. The zero-order chi connectivity index (χ0) is 18.8. The fourth-order valence-corrected chi connectivity index (χ4v) is 3.66. The molecular formula is C20H27N3O2S. The summed E-state index contributed by atoms with van der Waals surface area (Å²) in [5.41, 5.74) is 0. The van der Waals surface area contributed by atoms with Crippen LogP contribution in [0, 0.1) is 0 Å². The van der Waals surface area contributed by atoms with Crippen LogP contribution in [0.5, 0.6) is 0 Å². The van der Waals surface area contributed by atoms with Crippen molar-refractivity contribution in [2.75, 3.05) is 26.2 Å². The third kappa shape index (κ3) is 5.68. The van der Waals surface area contributed by atoms with Crippen molar-refractivity contribution in [3.8, 4) is 0 Å². The van der Waals surface area contributed by atoms with Crippen LogP contribution in [0.25, 0.3) is 0 Å². The molecule has 1 unspecified atom stereocenters. The number of ether oxygens (including phenoxy) is 1. The van der Waals surface area contributed by atoms with Crippen LogP contribution in [0.3, 0.4) is 0 Å². The molecule has 6 heteroatoms. The van der Waals surface area contributed by atoms with E-state index in [0.29, 0.717) is 25.5 Å². The quantitative estimate of drug-likeness (QED) is 0.312.